The van der Waals surface area contributed by atoms with Crippen LogP contribution in [0.2, 0.25) is 0 Å². The van der Waals surface area contributed by atoms with Crippen LogP contribution in [-0.2, 0) is 13.6 Å². The summed E-state index contributed by atoms with van der Waals surface area (Å²) in [5.74, 6) is 0.179. The molecule has 2 N–H and O–H groups in total. The molecule has 0 bridgehead atoms. The number of fused-ring (bicyclic) bond motifs is 1. The zero-order valence-corrected chi connectivity index (χ0v) is 16.2. The molecular formula is C21H23N5O2. The number of carbonyl (C=O) groups is 2. The number of nitrogens with zero attached hydrogens (tertiary/aromatic N) is 3. The lowest BCUT2D eigenvalue weighted by Crippen LogP contribution is -2.23. The fourth-order valence-electron chi connectivity index (χ4n) is 3.43. The molecule has 0 saturated heterocycles. The number of aromatic nitrogens is 3. The number of pyridine rings is 1. The molecule has 1 saturated carbocycles. The molecule has 2 aromatic heterocycles. The van der Waals surface area contributed by atoms with Crippen molar-refractivity contribution < 1.29 is 9.59 Å². The van der Waals surface area contributed by atoms with Crippen LogP contribution in [0.3, 0.4) is 0 Å². The Morgan fingerprint density at radius 2 is 1.89 bits per heavy atom. The normalized spacial score (nSPS) is 13.5. The van der Waals surface area contributed by atoms with Gasteiger partial charge in [0.25, 0.3) is 11.8 Å². The first kappa shape index (κ1) is 18.2. The van der Waals surface area contributed by atoms with E-state index >= 15 is 0 Å². The number of nitrogens with one attached hydrogen (secondary N) is 2. The minimum absolute atomic E-state index is 0.130. The van der Waals surface area contributed by atoms with Gasteiger partial charge in [0.05, 0.1) is 16.6 Å². The monoisotopic (exact) mass is 377 g/mol. The highest BCUT2D eigenvalue weighted by Crippen LogP contribution is 2.40. The Labute approximate surface area is 163 Å². The van der Waals surface area contributed by atoms with Crippen molar-refractivity contribution in [2.45, 2.75) is 32.2 Å². The summed E-state index contributed by atoms with van der Waals surface area (Å²) in [4.78, 5) is 29.3. The highest BCUT2D eigenvalue weighted by molar-refractivity contribution is 6.06. The lowest BCUT2D eigenvalue weighted by Gasteiger charge is -2.09. The number of carbonyl (C=O) groups excluding carboxylic acids is 2. The van der Waals surface area contributed by atoms with Crippen LogP contribution >= 0.6 is 0 Å². The van der Waals surface area contributed by atoms with Crippen LogP contribution in [0.4, 0.5) is 0 Å². The molecule has 1 fully saturated rings. The zero-order valence-electron chi connectivity index (χ0n) is 16.2. The molecular weight excluding hydrogens is 354 g/mol. The lowest BCUT2D eigenvalue weighted by atomic mass is 10.1. The van der Waals surface area contributed by atoms with Gasteiger partial charge in [-0.25, -0.2) is 4.98 Å². The van der Waals surface area contributed by atoms with Gasteiger partial charge >= 0.3 is 0 Å². The molecule has 2 heterocycles. The first-order chi connectivity index (χ1) is 13.5. The molecule has 1 aliphatic carbocycles. The molecule has 0 aliphatic heterocycles. The van der Waals surface area contributed by atoms with Crippen molar-refractivity contribution in [3.63, 3.8) is 0 Å². The van der Waals surface area contributed by atoms with Gasteiger partial charge in [-0.15, -0.1) is 0 Å². The summed E-state index contributed by atoms with van der Waals surface area (Å²) in [6.45, 7) is 2.28. The van der Waals surface area contributed by atoms with E-state index in [9.17, 15) is 9.59 Å². The molecule has 28 heavy (non-hydrogen) atoms. The molecule has 4 rings (SSSR count). The summed E-state index contributed by atoms with van der Waals surface area (Å²) in [7, 11) is 3.46. The van der Waals surface area contributed by atoms with Crippen molar-refractivity contribution in [1.82, 2.24) is 25.4 Å². The van der Waals surface area contributed by atoms with Gasteiger partial charge in [-0.05, 0) is 43.5 Å². The molecule has 0 spiro atoms. The third-order valence-electron chi connectivity index (χ3n) is 5.13. The first-order valence-electron chi connectivity index (χ1n) is 9.41. The Balaban J connectivity index is 1.58. The second-order valence-electron chi connectivity index (χ2n) is 7.24. The van der Waals surface area contributed by atoms with Crippen LogP contribution in [0.15, 0.2) is 30.3 Å². The molecule has 0 radical (unpaired) electrons. The molecule has 0 unspecified atom stereocenters. The van der Waals surface area contributed by atoms with Crippen molar-refractivity contribution in [3.8, 4) is 0 Å². The van der Waals surface area contributed by atoms with Crippen LogP contribution in [0.1, 0.15) is 56.4 Å². The number of amides is 2. The van der Waals surface area contributed by atoms with E-state index in [1.807, 2.05) is 32.2 Å². The molecule has 3 aromatic rings. The highest BCUT2D eigenvalue weighted by atomic mass is 16.2. The van der Waals surface area contributed by atoms with E-state index < -0.39 is 0 Å². The number of aryl methyl sites for hydroxylation is 2. The highest BCUT2D eigenvalue weighted by Gasteiger charge is 2.28. The number of hydrogen-bond acceptors (Lipinski definition) is 4. The fourth-order valence-corrected chi connectivity index (χ4v) is 3.43. The van der Waals surface area contributed by atoms with Crippen LogP contribution in [0.5, 0.6) is 0 Å². The summed E-state index contributed by atoms with van der Waals surface area (Å²) < 4.78 is 1.74. The third kappa shape index (κ3) is 3.35. The van der Waals surface area contributed by atoms with Crippen molar-refractivity contribution >= 4 is 22.8 Å². The maximum Gasteiger partial charge on any atom is 0.252 e. The quantitative estimate of drug-likeness (QED) is 0.715. The molecule has 7 heteroatoms. The number of rotatable bonds is 5. The third-order valence-corrected chi connectivity index (χ3v) is 5.13. The van der Waals surface area contributed by atoms with Crippen LogP contribution in [-0.4, -0.2) is 33.6 Å². The smallest absolute Gasteiger partial charge is 0.252 e. The van der Waals surface area contributed by atoms with Gasteiger partial charge in [0.2, 0.25) is 0 Å². The van der Waals surface area contributed by atoms with E-state index in [1.54, 1.807) is 23.9 Å². The largest absolute Gasteiger partial charge is 0.355 e. The Bertz CT molecular complexity index is 1060. The molecule has 1 aliphatic rings. The summed E-state index contributed by atoms with van der Waals surface area (Å²) in [5, 5.41) is 10.8. The Morgan fingerprint density at radius 1 is 1.18 bits per heavy atom. The second-order valence-corrected chi connectivity index (χ2v) is 7.24. The SMILES string of the molecule is CNC(=O)c1ccc(CNC(=O)c2cc(C3CC3)nc3c2c(C)nn3C)cc1. The van der Waals surface area contributed by atoms with E-state index in [0.29, 0.717) is 23.6 Å². The van der Waals surface area contributed by atoms with Gasteiger partial charge < -0.3 is 10.6 Å². The standard InChI is InChI=1S/C21H23N5O2/c1-12-18-16(10-17(14-8-9-14)24-19(18)26(3)25-12)21(28)23-11-13-4-6-15(7-5-13)20(27)22-2/h4-7,10,14H,8-9,11H2,1-3H3,(H,22,27)(H,23,28). The van der Waals surface area contributed by atoms with E-state index in [0.717, 1.165) is 40.8 Å². The van der Waals surface area contributed by atoms with Crippen molar-refractivity contribution in [2.24, 2.45) is 7.05 Å². The summed E-state index contributed by atoms with van der Waals surface area (Å²) in [5.41, 5.74) is 4.66. The molecule has 0 atom stereocenters. The average Bonchev–Trinajstić information content (AvgIpc) is 3.52. The van der Waals surface area contributed by atoms with Gasteiger partial charge in [0, 0.05) is 37.8 Å². The van der Waals surface area contributed by atoms with E-state index in [-0.39, 0.29) is 11.8 Å². The number of benzene rings is 1. The Morgan fingerprint density at radius 3 is 2.54 bits per heavy atom. The van der Waals surface area contributed by atoms with Gasteiger partial charge in [0.15, 0.2) is 5.65 Å². The van der Waals surface area contributed by atoms with E-state index in [4.69, 9.17) is 4.98 Å². The maximum atomic E-state index is 13.0. The molecule has 144 valence electrons. The van der Waals surface area contributed by atoms with Crippen LogP contribution in [0, 0.1) is 6.92 Å². The van der Waals surface area contributed by atoms with Gasteiger partial charge in [-0.3, -0.25) is 14.3 Å². The average molecular weight is 377 g/mol. The predicted octanol–water partition coefficient (Wildman–Crippen LogP) is 2.44. The lowest BCUT2D eigenvalue weighted by molar-refractivity contribution is 0.0947. The summed E-state index contributed by atoms with van der Waals surface area (Å²) >= 11 is 0. The van der Waals surface area contributed by atoms with Crippen molar-refractivity contribution in [3.05, 3.63) is 58.4 Å². The number of hydrogen-bond donors (Lipinski definition) is 2. The van der Waals surface area contributed by atoms with Crippen molar-refractivity contribution in [2.75, 3.05) is 7.05 Å². The molecule has 1 aromatic carbocycles. The summed E-state index contributed by atoms with van der Waals surface area (Å²) in [6, 6.07) is 9.11. The zero-order chi connectivity index (χ0) is 19.8. The Hall–Kier alpha value is -3.22. The molecule has 7 nitrogen and oxygen atoms in total. The second kappa shape index (κ2) is 7.07. The minimum atomic E-state index is -0.138. The summed E-state index contributed by atoms with van der Waals surface area (Å²) in [6.07, 6.45) is 2.24. The van der Waals surface area contributed by atoms with Gasteiger partial charge in [-0.1, -0.05) is 12.1 Å². The minimum Gasteiger partial charge on any atom is -0.355 e. The van der Waals surface area contributed by atoms with Crippen LogP contribution in [0.25, 0.3) is 11.0 Å². The molecule has 2 amide bonds. The van der Waals surface area contributed by atoms with Crippen LogP contribution < -0.4 is 10.6 Å². The van der Waals surface area contributed by atoms with Gasteiger partial charge in [-0.2, -0.15) is 5.10 Å². The van der Waals surface area contributed by atoms with E-state index in [2.05, 4.69) is 15.7 Å². The Kier molecular flexibility index (Phi) is 4.58. The first-order valence-corrected chi connectivity index (χ1v) is 9.41. The topological polar surface area (TPSA) is 88.9 Å². The van der Waals surface area contributed by atoms with Crippen molar-refractivity contribution in [1.29, 1.82) is 0 Å². The maximum absolute atomic E-state index is 13.0. The predicted molar refractivity (Wildman–Crippen MR) is 106 cm³/mol. The van der Waals surface area contributed by atoms with Gasteiger partial charge in [0.1, 0.15) is 0 Å². The van der Waals surface area contributed by atoms with E-state index in [1.165, 1.54) is 0 Å². The fraction of sp³-hybridized carbons (Fsp3) is 0.333.